The van der Waals surface area contributed by atoms with E-state index in [0.717, 1.165) is 19.4 Å². The second kappa shape index (κ2) is 7.39. The van der Waals surface area contributed by atoms with Crippen LogP contribution in [0.5, 0.6) is 0 Å². The van der Waals surface area contributed by atoms with E-state index in [1.165, 1.54) is 26.0 Å². The third kappa shape index (κ3) is 3.51. The normalized spacial score (nSPS) is 12.6. The van der Waals surface area contributed by atoms with E-state index < -0.39 is 0 Å². The van der Waals surface area contributed by atoms with Crippen molar-refractivity contribution in [3.05, 3.63) is 55.7 Å². The monoisotopic (exact) mass is 351 g/mol. The van der Waals surface area contributed by atoms with Crippen LogP contribution in [-0.4, -0.2) is 6.54 Å². The lowest BCUT2D eigenvalue weighted by molar-refractivity contribution is 0.626. The molecule has 0 saturated carbocycles. The van der Waals surface area contributed by atoms with Gasteiger partial charge in [0.2, 0.25) is 0 Å². The van der Waals surface area contributed by atoms with Crippen LogP contribution in [0.15, 0.2) is 33.4 Å². The molecule has 1 atom stereocenters. The fraction of sp³-hybridized carbons (Fsp3) is 0.412. The summed E-state index contributed by atoms with van der Waals surface area (Å²) in [5.41, 5.74) is 5.63. The minimum absolute atomic E-state index is 0.295. The summed E-state index contributed by atoms with van der Waals surface area (Å²) in [7, 11) is 0. The van der Waals surface area contributed by atoms with E-state index in [4.69, 9.17) is 0 Å². The van der Waals surface area contributed by atoms with Crippen molar-refractivity contribution in [3.63, 3.8) is 0 Å². The number of halogens is 1. The molecule has 1 aromatic carbocycles. The molecular weight excluding hydrogens is 330 g/mol. The maximum atomic E-state index is 3.64. The van der Waals surface area contributed by atoms with Crippen molar-refractivity contribution in [1.82, 2.24) is 5.32 Å². The number of nitrogens with one attached hydrogen (secondary N) is 1. The van der Waals surface area contributed by atoms with Gasteiger partial charge in [-0.2, -0.15) is 0 Å². The first-order valence-electron chi connectivity index (χ1n) is 7.28. The molecule has 0 amide bonds. The third-order valence-electron chi connectivity index (χ3n) is 3.64. The lowest BCUT2D eigenvalue weighted by atomic mass is 9.92. The minimum atomic E-state index is 0.295. The predicted octanol–water partition coefficient (Wildman–Crippen LogP) is 5.33. The summed E-state index contributed by atoms with van der Waals surface area (Å²) < 4.78 is 1.19. The number of benzene rings is 1. The van der Waals surface area contributed by atoms with Crippen LogP contribution in [0.4, 0.5) is 0 Å². The molecule has 0 aliphatic heterocycles. The van der Waals surface area contributed by atoms with Crippen molar-refractivity contribution < 1.29 is 0 Å². The molecule has 1 nitrogen and oxygen atoms in total. The molecule has 1 heterocycles. The SMILES string of the molecule is CCNC(c1csc(Br)c1)c1cc(CC)ccc1CC. The standard InChI is InChI=1S/C17H22BrNS/c1-4-12-7-8-13(5-2)15(9-12)17(19-6-3)14-10-16(18)20-11-14/h7-11,17,19H,4-6H2,1-3H3. The Hall–Kier alpha value is -0.640. The summed E-state index contributed by atoms with van der Waals surface area (Å²) in [4.78, 5) is 0. The molecule has 0 spiro atoms. The Balaban J connectivity index is 2.47. The Morgan fingerprint density at radius 1 is 1.15 bits per heavy atom. The highest BCUT2D eigenvalue weighted by atomic mass is 79.9. The Labute approximate surface area is 134 Å². The molecule has 2 rings (SSSR count). The molecule has 0 saturated heterocycles. The molecular formula is C17H22BrNS. The first kappa shape index (κ1) is 15.7. The number of thiophene rings is 1. The number of hydrogen-bond acceptors (Lipinski definition) is 2. The zero-order valence-corrected chi connectivity index (χ0v) is 14.8. The predicted molar refractivity (Wildman–Crippen MR) is 92.7 cm³/mol. The minimum Gasteiger partial charge on any atom is -0.306 e. The van der Waals surface area contributed by atoms with Gasteiger partial charge in [-0.05, 0) is 69.0 Å². The largest absolute Gasteiger partial charge is 0.306 e. The van der Waals surface area contributed by atoms with Gasteiger partial charge in [-0.15, -0.1) is 11.3 Å². The van der Waals surface area contributed by atoms with Crippen molar-refractivity contribution in [3.8, 4) is 0 Å². The van der Waals surface area contributed by atoms with E-state index in [1.54, 1.807) is 11.3 Å². The molecule has 0 aliphatic rings. The maximum Gasteiger partial charge on any atom is 0.0701 e. The quantitative estimate of drug-likeness (QED) is 0.740. The van der Waals surface area contributed by atoms with Crippen molar-refractivity contribution in [2.75, 3.05) is 6.54 Å². The van der Waals surface area contributed by atoms with Crippen LogP contribution in [0.25, 0.3) is 0 Å². The van der Waals surface area contributed by atoms with E-state index in [9.17, 15) is 0 Å². The average Bonchev–Trinajstić information content (AvgIpc) is 2.90. The van der Waals surface area contributed by atoms with Crippen molar-refractivity contribution in [2.45, 2.75) is 39.7 Å². The maximum absolute atomic E-state index is 3.64. The molecule has 108 valence electrons. The number of aryl methyl sites for hydroxylation is 2. The number of hydrogen-bond donors (Lipinski definition) is 1. The van der Waals surface area contributed by atoms with E-state index >= 15 is 0 Å². The van der Waals surface area contributed by atoms with Gasteiger partial charge in [-0.25, -0.2) is 0 Å². The first-order valence-corrected chi connectivity index (χ1v) is 8.95. The van der Waals surface area contributed by atoms with E-state index in [2.05, 4.69) is 71.7 Å². The van der Waals surface area contributed by atoms with Crippen molar-refractivity contribution in [2.24, 2.45) is 0 Å². The zero-order valence-electron chi connectivity index (χ0n) is 12.4. The van der Waals surface area contributed by atoms with Crippen molar-refractivity contribution >= 4 is 27.3 Å². The van der Waals surface area contributed by atoms with Crippen LogP contribution < -0.4 is 5.32 Å². The van der Waals surface area contributed by atoms with Gasteiger partial charge >= 0.3 is 0 Å². The van der Waals surface area contributed by atoms with Gasteiger partial charge in [0.05, 0.1) is 9.83 Å². The van der Waals surface area contributed by atoms with Gasteiger partial charge < -0.3 is 5.32 Å². The highest BCUT2D eigenvalue weighted by Gasteiger charge is 2.17. The topological polar surface area (TPSA) is 12.0 Å². The molecule has 1 unspecified atom stereocenters. The van der Waals surface area contributed by atoms with Crippen LogP contribution in [0.1, 0.15) is 49.1 Å². The molecule has 2 aromatic rings. The summed E-state index contributed by atoms with van der Waals surface area (Å²) in [5, 5.41) is 5.89. The Kier molecular flexibility index (Phi) is 5.82. The lowest BCUT2D eigenvalue weighted by Gasteiger charge is -2.21. The molecule has 0 aliphatic carbocycles. The molecule has 1 N–H and O–H groups in total. The summed E-state index contributed by atoms with van der Waals surface area (Å²) in [6.07, 6.45) is 2.16. The molecule has 0 fully saturated rings. The van der Waals surface area contributed by atoms with E-state index in [1.807, 2.05) is 0 Å². The molecule has 0 radical (unpaired) electrons. The van der Waals surface area contributed by atoms with E-state index in [-0.39, 0.29) is 0 Å². The highest BCUT2D eigenvalue weighted by Crippen LogP contribution is 2.31. The Morgan fingerprint density at radius 2 is 1.95 bits per heavy atom. The first-order chi connectivity index (χ1) is 9.69. The smallest absolute Gasteiger partial charge is 0.0701 e. The van der Waals surface area contributed by atoms with Gasteiger partial charge in [0, 0.05) is 0 Å². The summed E-state index contributed by atoms with van der Waals surface area (Å²) in [6, 6.07) is 9.45. The summed E-state index contributed by atoms with van der Waals surface area (Å²) in [5.74, 6) is 0. The van der Waals surface area contributed by atoms with Crippen LogP contribution in [-0.2, 0) is 12.8 Å². The average molecular weight is 352 g/mol. The molecule has 3 heteroatoms. The van der Waals surface area contributed by atoms with Crippen LogP contribution in [0.2, 0.25) is 0 Å². The second-order valence-corrected chi connectivity index (χ2v) is 7.21. The summed E-state index contributed by atoms with van der Waals surface area (Å²) >= 11 is 5.33. The molecule has 20 heavy (non-hydrogen) atoms. The lowest BCUT2D eigenvalue weighted by Crippen LogP contribution is -2.22. The van der Waals surface area contributed by atoms with Gasteiger partial charge in [-0.3, -0.25) is 0 Å². The van der Waals surface area contributed by atoms with E-state index in [0.29, 0.717) is 6.04 Å². The fourth-order valence-corrected chi connectivity index (χ4v) is 3.74. The van der Waals surface area contributed by atoms with Gasteiger partial charge in [0.25, 0.3) is 0 Å². The Morgan fingerprint density at radius 3 is 2.50 bits per heavy atom. The van der Waals surface area contributed by atoms with Crippen LogP contribution >= 0.6 is 27.3 Å². The van der Waals surface area contributed by atoms with Gasteiger partial charge in [0.1, 0.15) is 0 Å². The number of rotatable bonds is 6. The van der Waals surface area contributed by atoms with Crippen LogP contribution in [0.3, 0.4) is 0 Å². The highest BCUT2D eigenvalue weighted by molar-refractivity contribution is 9.11. The fourth-order valence-electron chi connectivity index (χ4n) is 2.54. The molecule has 1 aromatic heterocycles. The van der Waals surface area contributed by atoms with Crippen molar-refractivity contribution in [1.29, 1.82) is 0 Å². The molecule has 0 bridgehead atoms. The third-order valence-corrected chi connectivity index (χ3v) is 5.16. The van der Waals surface area contributed by atoms with Gasteiger partial charge in [-0.1, -0.05) is 39.0 Å². The Bertz CT molecular complexity index is 562. The van der Waals surface area contributed by atoms with Crippen LogP contribution in [0, 0.1) is 0 Å². The zero-order chi connectivity index (χ0) is 14.5. The summed E-state index contributed by atoms with van der Waals surface area (Å²) in [6.45, 7) is 7.59. The second-order valence-electron chi connectivity index (χ2n) is 4.92. The van der Waals surface area contributed by atoms with Gasteiger partial charge in [0.15, 0.2) is 0 Å².